The second kappa shape index (κ2) is 7.14. The fourth-order valence-corrected chi connectivity index (χ4v) is 5.14. The van der Waals surface area contributed by atoms with Crippen molar-refractivity contribution in [1.82, 2.24) is 9.29 Å². The largest absolute Gasteiger partial charge is 0.490 e. The quantitative estimate of drug-likeness (QED) is 0.737. The van der Waals surface area contributed by atoms with Gasteiger partial charge in [0.1, 0.15) is 12.4 Å². The molecule has 1 unspecified atom stereocenters. The predicted octanol–water partition coefficient (Wildman–Crippen LogP) is 2.45. The van der Waals surface area contributed by atoms with Crippen molar-refractivity contribution in [2.45, 2.75) is 4.90 Å². The van der Waals surface area contributed by atoms with Gasteiger partial charge in [0.05, 0.1) is 28.3 Å². The summed E-state index contributed by atoms with van der Waals surface area (Å²) in [4.78, 5) is 5.29. The van der Waals surface area contributed by atoms with Gasteiger partial charge in [0, 0.05) is 50.9 Å². The van der Waals surface area contributed by atoms with E-state index in [4.69, 9.17) is 4.74 Å². The first kappa shape index (κ1) is 17.6. The highest BCUT2D eigenvalue weighted by Crippen LogP contribution is 2.35. The Morgan fingerprint density at radius 1 is 1.04 bits per heavy atom. The highest BCUT2D eigenvalue weighted by atomic mass is 32.2. The summed E-state index contributed by atoms with van der Waals surface area (Å²) in [6.45, 7) is 5.38. The van der Waals surface area contributed by atoms with E-state index in [1.165, 1.54) is 0 Å². The Labute approximate surface area is 167 Å². The zero-order valence-corrected chi connectivity index (χ0v) is 16.7. The first-order chi connectivity index (χ1) is 13.7. The molecule has 146 valence electrons. The molecular weight excluding hydrogens is 372 g/mol. The minimum absolute atomic E-state index is 0.652. The van der Waals surface area contributed by atoms with Crippen molar-refractivity contribution < 1.29 is 8.95 Å². The van der Waals surface area contributed by atoms with E-state index in [1.807, 2.05) is 46.6 Å². The van der Waals surface area contributed by atoms with Crippen molar-refractivity contribution in [3.05, 3.63) is 48.7 Å². The first-order valence-electron chi connectivity index (χ1n) is 9.68. The molecule has 0 bridgehead atoms. The molecule has 7 heteroatoms. The molecule has 6 nitrogen and oxygen atoms in total. The van der Waals surface area contributed by atoms with Gasteiger partial charge in [0.15, 0.2) is 11.0 Å². The molecule has 1 N–H and O–H groups in total. The molecule has 0 aliphatic carbocycles. The molecule has 0 spiro atoms. The molecule has 2 aromatic carbocycles. The topological polar surface area (TPSA) is 49.7 Å². The Balaban J connectivity index is 1.56. The molecule has 1 atom stereocenters. The fraction of sp³-hybridized carbons (Fsp3) is 0.333. The van der Waals surface area contributed by atoms with Crippen LogP contribution in [-0.2, 0) is 11.0 Å². The molecule has 0 amide bonds. The van der Waals surface area contributed by atoms with Gasteiger partial charge in [-0.3, -0.25) is 3.97 Å². The van der Waals surface area contributed by atoms with E-state index in [0.29, 0.717) is 6.61 Å². The number of piperazine rings is 1. The monoisotopic (exact) mass is 396 g/mol. The number of para-hydroxylation sites is 1. The number of hydrogen-bond donors (Lipinski definition) is 1. The minimum Gasteiger partial charge on any atom is -0.490 e. The van der Waals surface area contributed by atoms with Crippen LogP contribution in [0.25, 0.3) is 10.9 Å². The standard InChI is InChI=1S/C21H24N4O2S/c1-23-12-13-27-21-14-16(6-7-19(21)23)28(26)25-15-20(24-10-8-22-9-11-24)17-4-2-3-5-18(17)25/h2-7,14-15,22H,8-13H2,1H3. The van der Waals surface area contributed by atoms with Crippen LogP contribution in [0.4, 0.5) is 11.4 Å². The molecule has 2 aliphatic rings. The highest BCUT2D eigenvalue weighted by molar-refractivity contribution is 7.83. The van der Waals surface area contributed by atoms with E-state index in [0.717, 1.165) is 65.6 Å². The molecule has 3 aromatic rings. The number of anilines is 2. The molecule has 0 saturated carbocycles. The van der Waals surface area contributed by atoms with Gasteiger partial charge >= 0.3 is 0 Å². The average molecular weight is 397 g/mol. The van der Waals surface area contributed by atoms with Crippen molar-refractivity contribution in [2.24, 2.45) is 0 Å². The van der Waals surface area contributed by atoms with Crippen LogP contribution in [0.2, 0.25) is 0 Å². The van der Waals surface area contributed by atoms with E-state index in [2.05, 4.69) is 28.2 Å². The number of nitrogens with one attached hydrogen (secondary N) is 1. The van der Waals surface area contributed by atoms with Crippen molar-refractivity contribution in [3.8, 4) is 5.75 Å². The Kier molecular flexibility index (Phi) is 4.49. The van der Waals surface area contributed by atoms with Gasteiger partial charge in [-0.05, 0) is 18.2 Å². The van der Waals surface area contributed by atoms with E-state index < -0.39 is 11.0 Å². The van der Waals surface area contributed by atoms with Crippen LogP contribution >= 0.6 is 0 Å². The number of fused-ring (bicyclic) bond motifs is 2. The lowest BCUT2D eigenvalue weighted by atomic mass is 10.2. The summed E-state index contributed by atoms with van der Waals surface area (Å²) in [5.74, 6) is 0.804. The van der Waals surface area contributed by atoms with Gasteiger partial charge in [0.2, 0.25) is 0 Å². The van der Waals surface area contributed by atoms with Crippen LogP contribution in [0, 0.1) is 0 Å². The number of aromatic nitrogens is 1. The summed E-state index contributed by atoms with van der Waals surface area (Å²) < 4.78 is 21.2. The lowest BCUT2D eigenvalue weighted by Gasteiger charge is -2.28. The SMILES string of the molecule is CN1CCOc2cc(S(=O)n3cc(N4CCNCC4)c4ccccc43)ccc21. The predicted molar refractivity (Wildman–Crippen MR) is 114 cm³/mol. The summed E-state index contributed by atoms with van der Waals surface area (Å²) in [7, 11) is 0.714. The third-order valence-electron chi connectivity index (χ3n) is 5.52. The smallest absolute Gasteiger partial charge is 0.157 e. The molecular formula is C21H24N4O2S. The minimum atomic E-state index is -1.34. The maximum absolute atomic E-state index is 13.5. The van der Waals surface area contributed by atoms with Gasteiger partial charge in [-0.1, -0.05) is 18.2 Å². The van der Waals surface area contributed by atoms with Crippen molar-refractivity contribution >= 4 is 33.3 Å². The van der Waals surface area contributed by atoms with Crippen molar-refractivity contribution in [2.75, 3.05) is 56.2 Å². The maximum atomic E-state index is 13.5. The van der Waals surface area contributed by atoms with Crippen LogP contribution in [0.3, 0.4) is 0 Å². The van der Waals surface area contributed by atoms with Crippen LogP contribution in [-0.4, -0.2) is 54.6 Å². The van der Waals surface area contributed by atoms with Crippen LogP contribution in [0.15, 0.2) is 53.6 Å². The third-order valence-corrected chi connectivity index (χ3v) is 6.84. The van der Waals surface area contributed by atoms with Crippen LogP contribution in [0.5, 0.6) is 5.75 Å². The van der Waals surface area contributed by atoms with Crippen molar-refractivity contribution in [1.29, 1.82) is 0 Å². The number of nitrogens with zero attached hydrogens (tertiary/aromatic N) is 3. The summed E-state index contributed by atoms with van der Waals surface area (Å²) in [6, 6.07) is 14.1. The van der Waals surface area contributed by atoms with E-state index in [1.54, 1.807) is 0 Å². The Morgan fingerprint density at radius 3 is 2.71 bits per heavy atom. The zero-order chi connectivity index (χ0) is 19.1. The van der Waals surface area contributed by atoms with Gasteiger partial charge in [0.25, 0.3) is 0 Å². The zero-order valence-electron chi connectivity index (χ0n) is 15.9. The van der Waals surface area contributed by atoms with E-state index in [-0.39, 0.29) is 0 Å². The Hall–Kier alpha value is -2.51. The molecule has 28 heavy (non-hydrogen) atoms. The molecule has 3 heterocycles. The van der Waals surface area contributed by atoms with Crippen LogP contribution in [0.1, 0.15) is 0 Å². The second-order valence-electron chi connectivity index (χ2n) is 7.24. The number of rotatable bonds is 3. The Morgan fingerprint density at radius 2 is 1.86 bits per heavy atom. The van der Waals surface area contributed by atoms with Gasteiger partial charge < -0.3 is 19.9 Å². The Bertz CT molecular complexity index is 1040. The number of likely N-dealkylation sites (N-methyl/N-ethyl adjacent to an activating group) is 1. The molecule has 5 rings (SSSR count). The van der Waals surface area contributed by atoms with E-state index >= 15 is 0 Å². The summed E-state index contributed by atoms with van der Waals surface area (Å²) in [5.41, 5.74) is 3.19. The van der Waals surface area contributed by atoms with Gasteiger partial charge in [-0.25, -0.2) is 4.21 Å². The number of ether oxygens (including phenoxy) is 1. The lowest BCUT2D eigenvalue weighted by Crippen LogP contribution is -2.43. The molecule has 1 aromatic heterocycles. The number of benzene rings is 2. The number of hydrogen-bond acceptors (Lipinski definition) is 5. The first-order valence-corrected chi connectivity index (χ1v) is 10.8. The average Bonchev–Trinajstić information content (AvgIpc) is 3.13. The molecule has 2 aliphatic heterocycles. The highest BCUT2D eigenvalue weighted by Gasteiger charge is 2.21. The van der Waals surface area contributed by atoms with Crippen molar-refractivity contribution in [3.63, 3.8) is 0 Å². The fourth-order valence-electron chi connectivity index (χ4n) is 3.99. The maximum Gasteiger partial charge on any atom is 0.157 e. The molecule has 1 saturated heterocycles. The summed E-state index contributed by atoms with van der Waals surface area (Å²) >= 11 is 0. The normalized spacial score (nSPS) is 18.0. The van der Waals surface area contributed by atoms with Crippen LogP contribution < -0.4 is 19.9 Å². The molecule has 0 radical (unpaired) electrons. The third kappa shape index (κ3) is 2.95. The molecule has 1 fully saturated rings. The van der Waals surface area contributed by atoms with Gasteiger partial charge in [-0.15, -0.1) is 0 Å². The second-order valence-corrected chi connectivity index (χ2v) is 8.61. The van der Waals surface area contributed by atoms with E-state index in [9.17, 15) is 4.21 Å². The summed E-state index contributed by atoms with van der Waals surface area (Å²) in [6.07, 6.45) is 2.04. The lowest BCUT2D eigenvalue weighted by molar-refractivity contribution is 0.310. The summed E-state index contributed by atoms with van der Waals surface area (Å²) in [5, 5.41) is 4.54. The van der Waals surface area contributed by atoms with Gasteiger partial charge in [-0.2, -0.15) is 0 Å².